The first-order chi connectivity index (χ1) is 9.15. The quantitative estimate of drug-likeness (QED) is 0.724. The summed E-state index contributed by atoms with van der Waals surface area (Å²) in [5, 5.41) is 15.8. The Morgan fingerprint density at radius 3 is 2.45 bits per heavy atom. The first-order valence-corrected chi connectivity index (χ1v) is 7.59. The molecule has 4 unspecified atom stereocenters. The minimum atomic E-state index is -0.452. The predicted molar refractivity (Wildman–Crippen MR) is 79.7 cm³/mol. The summed E-state index contributed by atoms with van der Waals surface area (Å²) in [6, 6.07) is 0.880. The molecule has 1 saturated carbocycles. The number of ether oxygens (including phenoxy) is 1. The number of carbonyl (C=O) groups excluding carboxylic acids is 1. The minimum absolute atomic E-state index is 0.182. The van der Waals surface area contributed by atoms with Gasteiger partial charge in [0.1, 0.15) is 5.60 Å². The highest BCUT2D eigenvalue weighted by Gasteiger charge is 2.28. The van der Waals surface area contributed by atoms with Crippen LogP contribution in [0.3, 0.4) is 0 Å². The van der Waals surface area contributed by atoms with Crippen molar-refractivity contribution in [3.8, 4) is 0 Å². The van der Waals surface area contributed by atoms with Gasteiger partial charge in [0.25, 0.3) is 0 Å². The smallest absolute Gasteiger partial charge is 0.407 e. The molecule has 1 aliphatic rings. The van der Waals surface area contributed by atoms with Crippen LogP contribution in [0.4, 0.5) is 4.79 Å². The second kappa shape index (κ2) is 7.27. The molecule has 3 N–H and O–H groups in total. The van der Waals surface area contributed by atoms with Crippen LogP contribution in [0.1, 0.15) is 60.3 Å². The summed E-state index contributed by atoms with van der Waals surface area (Å²) >= 11 is 0. The molecule has 20 heavy (non-hydrogen) atoms. The topological polar surface area (TPSA) is 70.6 Å². The van der Waals surface area contributed by atoms with Crippen LogP contribution in [0.15, 0.2) is 0 Å². The summed E-state index contributed by atoms with van der Waals surface area (Å²) in [7, 11) is 0. The van der Waals surface area contributed by atoms with E-state index < -0.39 is 5.60 Å². The highest BCUT2D eigenvalue weighted by Crippen LogP contribution is 2.20. The molecule has 0 saturated heterocycles. The van der Waals surface area contributed by atoms with Crippen LogP contribution >= 0.6 is 0 Å². The van der Waals surface area contributed by atoms with Gasteiger partial charge < -0.3 is 20.5 Å². The van der Waals surface area contributed by atoms with Gasteiger partial charge in [-0.25, -0.2) is 4.79 Å². The van der Waals surface area contributed by atoms with Gasteiger partial charge in [-0.3, -0.25) is 0 Å². The maximum absolute atomic E-state index is 11.7. The van der Waals surface area contributed by atoms with Crippen LogP contribution in [0.25, 0.3) is 0 Å². The molecule has 0 bridgehead atoms. The lowest BCUT2D eigenvalue weighted by atomic mass is 10.1. The molecule has 1 rings (SSSR count). The Hall–Kier alpha value is -0.810. The lowest BCUT2D eigenvalue weighted by Crippen LogP contribution is -2.40. The molecular formula is C15H30N2O3. The maximum atomic E-state index is 11.7. The molecule has 0 aromatic carbocycles. The second-order valence-corrected chi connectivity index (χ2v) is 7.01. The van der Waals surface area contributed by atoms with E-state index in [1.165, 1.54) is 0 Å². The normalized spacial score (nSPS) is 26.1. The molecule has 0 aromatic rings. The van der Waals surface area contributed by atoms with Gasteiger partial charge in [0, 0.05) is 18.1 Å². The Balaban J connectivity index is 2.28. The standard InChI is InChI=1S/C15H30N2O3/c1-10(8-11(2)18)16-12-6-7-13(9-12)17-14(19)20-15(3,4)5/h10-13,16,18H,6-9H2,1-5H3,(H,17,19). The van der Waals surface area contributed by atoms with Gasteiger partial charge in [0.05, 0.1) is 6.10 Å². The van der Waals surface area contributed by atoms with Crippen molar-refractivity contribution < 1.29 is 14.6 Å². The second-order valence-electron chi connectivity index (χ2n) is 7.01. The van der Waals surface area contributed by atoms with E-state index >= 15 is 0 Å². The number of nitrogens with one attached hydrogen (secondary N) is 2. The molecule has 0 heterocycles. The maximum Gasteiger partial charge on any atom is 0.407 e. The largest absolute Gasteiger partial charge is 0.444 e. The third-order valence-corrected chi connectivity index (χ3v) is 3.37. The Labute approximate surface area is 122 Å². The first-order valence-electron chi connectivity index (χ1n) is 7.59. The van der Waals surface area contributed by atoms with E-state index in [1.807, 2.05) is 20.8 Å². The zero-order valence-electron chi connectivity index (χ0n) is 13.4. The molecule has 5 nitrogen and oxygen atoms in total. The van der Waals surface area contributed by atoms with E-state index in [4.69, 9.17) is 4.74 Å². The first kappa shape index (κ1) is 17.2. The van der Waals surface area contributed by atoms with Gasteiger partial charge >= 0.3 is 6.09 Å². The summed E-state index contributed by atoms with van der Waals surface area (Å²) in [4.78, 5) is 11.7. The highest BCUT2D eigenvalue weighted by molar-refractivity contribution is 5.68. The average Bonchev–Trinajstić information content (AvgIpc) is 2.60. The number of aliphatic hydroxyl groups excluding tert-OH is 1. The number of hydrogen-bond acceptors (Lipinski definition) is 4. The van der Waals surface area contributed by atoms with Gasteiger partial charge in [0.2, 0.25) is 0 Å². The van der Waals surface area contributed by atoms with Crippen molar-refractivity contribution in [1.29, 1.82) is 0 Å². The molecule has 0 radical (unpaired) electrons. The van der Waals surface area contributed by atoms with Gasteiger partial charge in [-0.1, -0.05) is 0 Å². The number of hydrogen-bond donors (Lipinski definition) is 3. The van der Waals surface area contributed by atoms with E-state index in [9.17, 15) is 9.90 Å². The zero-order chi connectivity index (χ0) is 15.3. The molecule has 1 amide bonds. The van der Waals surface area contributed by atoms with Crippen LogP contribution in [0, 0.1) is 0 Å². The Kier molecular flexibility index (Phi) is 6.27. The Bertz CT molecular complexity index is 313. The number of aliphatic hydroxyl groups is 1. The fourth-order valence-corrected chi connectivity index (χ4v) is 2.72. The Morgan fingerprint density at radius 2 is 1.90 bits per heavy atom. The van der Waals surface area contributed by atoms with Crippen LogP contribution in [0.5, 0.6) is 0 Å². The van der Waals surface area contributed by atoms with Crippen LogP contribution in [0.2, 0.25) is 0 Å². The average molecular weight is 286 g/mol. The van der Waals surface area contributed by atoms with Gasteiger partial charge in [-0.2, -0.15) is 0 Å². The number of carbonyl (C=O) groups is 1. The number of amides is 1. The van der Waals surface area contributed by atoms with Crippen molar-refractivity contribution in [2.75, 3.05) is 0 Å². The summed E-state index contributed by atoms with van der Waals surface area (Å²) in [6.07, 6.45) is 3.07. The molecule has 0 aromatic heterocycles. The van der Waals surface area contributed by atoms with Gasteiger partial charge in [-0.15, -0.1) is 0 Å². The third kappa shape index (κ3) is 7.10. The highest BCUT2D eigenvalue weighted by atomic mass is 16.6. The predicted octanol–water partition coefficient (Wildman–Crippen LogP) is 2.18. The third-order valence-electron chi connectivity index (χ3n) is 3.37. The fourth-order valence-electron chi connectivity index (χ4n) is 2.72. The van der Waals surface area contributed by atoms with Crippen molar-refractivity contribution in [2.24, 2.45) is 0 Å². The fraction of sp³-hybridized carbons (Fsp3) is 0.933. The van der Waals surface area contributed by atoms with E-state index in [0.717, 1.165) is 25.7 Å². The van der Waals surface area contributed by atoms with Crippen molar-refractivity contribution in [3.05, 3.63) is 0 Å². The molecule has 1 aliphatic carbocycles. The molecule has 1 fully saturated rings. The van der Waals surface area contributed by atoms with E-state index in [0.29, 0.717) is 12.1 Å². The Morgan fingerprint density at radius 1 is 1.30 bits per heavy atom. The van der Waals surface area contributed by atoms with Crippen LogP contribution in [-0.2, 0) is 4.74 Å². The lowest BCUT2D eigenvalue weighted by Gasteiger charge is -2.22. The summed E-state index contributed by atoms with van der Waals surface area (Å²) in [5.41, 5.74) is -0.452. The molecule has 4 atom stereocenters. The molecule has 118 valence electrons. The SMILES string of the molecule is CC(O)CC(C)NC1CCC(NC(=O)OC(C)(C)C)C1. The number of rotatable bonds is 5. The van der Waals surface area contributed by atoms with E-state index in [1.54, 1.807) is 6.92 Å². The van der Waals surface area contributed by atoms with Crippen molar-refractivity contribution in [1.82, 2.24) is 10.6 Å². The van der Waals surface area contributed by atoms with E-state index in [-0.39, 0.29) is 18.2 Å². The lowest BCUT2D eigenvalue weighted by molar-refractivity contribution is 0.0505. The van der Waals surface area contributed by atoms with Gasteiger partial charge in [0.15, 0.2) is 0 Å². The monoisotopic (exact) mass is 286 g/mol. The summed E-state index contributed by atoms with van der Waals surface area (Å²) in [5.74, 6) is 0. The summed E-state index contributed by atoms with van der Waals surface area (Å²) < 4.78 is 5.27. The van der Waals surface area contributed by atoms with E-state index in [2.05, 4.69) is 17.6 Å². The molecule has 0 aliphatic heterocycles. The molecular weight excluding hydrogens is 256 g/mol. The van der Waals surface area contributed by atoms with Crippen molar-refractivity contribution >= 4 is 6.09 Å². The zero-order valence-corrected chi connectivity index (χ0v) is 13.4. The molecule has 5 heteroatoms. The van der Waals surface area contributed by atoms with Crippen LogP contribution in [-0.4, -0.2) is 41.0 Å². The van der Waals surface area contributed by atoms with Crippen molar-refractivity contribution in [3.63, 3.8) is 0 Å². The van der Waals surface area contributed by atoms with Gasteiger partial charge in [-0.05, 0) is 60.3 Å². The van der Waals surface area contributed by atoms with Crippen LogP contribution < -0.4 is 10.6 Å². The number of alkyl carbamates (subject to hydrolysis) is 1. The minimum Gasteiger partial charge on any atom is -0.444 e. The van der Waals surface area contributed by atoms with Crippen molar-refractivity contribution in [2.45, 2.75) is 90.1 Å². The molecule has 0 spiro atoms. The summed E-state index contributed by atoms with van der Waals surface area (Å²) in [6.45, 7) is 9.48.